The number of hydrogen-bond acceptors (Lipinski definition) is 4. The molecule has 3 heterocycles. The Bertz CT molecular complexity index is 1040. The van der Waals surface area contributed by atoms with Crippen molar-refractivity contribution in [1.29, 1.82) is 0 Å². The first-order chi connectivity index (χ1) is 12.9. The number of ether oxygens (including phenoxy) is 1. The van der Waals surface area contributed by atoms with Crippen molar-refractivity contribution < 1.29 is 4.74 Å². The molecule has 2 aromatic carbocycles. The fraction of sp³-hybridized carbons (Fsp3) is 0.200. The molecule has 1 saturated heterocycles. The quantitative estimate of drug-likeness (QED) is 0.619. The third-order valence-electron chi connectivity index (χ3n) is 4.85. The van der Waals surface area contributed by atoms with Crippen molar-refractivity contribution >= 4 is 16.6 Å². The monoisotopic (exact) mass is 345 g/mol. The summed E-state index contributed by atoms with van der Waals surface area (Å²) in [5, 5.41) is 12.8. The van der Waals surface area contributed by atoms with Crippen LogP contribution in [0.25, 0.3) is 27.7 Å². The van der Waals surface area contributed by atoms with Crippen LogP contribution >= 0.6 is 0 Å². The Balaban J connectivity index is 1.55. The number of aromatic amines is 1. The topological polar surface area (TPSA) is 59.0 Å². The zero-order valence-electron chi connectivity index (χ0n) is 14.3. The Morgan fingerprint density at radius 3 is 2.81 bits per heavy atom. The largest absolute Gasteiger partial charge is 0.378 e. The van der Waals surface area contributed by atoms with Gasteiger partial charge in [0, 0.05) is 24.0 Å². The fourth-order valence-corrected chi connectivity index (χ4v) is 3.46. The molecule has 0 unspecified atom stereocenters. The number of benzene rings is 2. The van der Waals surface area contributed by atoms with Crippen LogP contribution in [0, 0.1) is 0 Å². The fourth-order valence-electron chi connectivity index (χ4n) is 3.46. The molecule has 0 saturated carbocycles. The lowest BCUT2D eigenvalue weighted by Crippen LogP contribution is -2.35. The third-order valence-corrected chi connectivity index (χ3v) is 4.85. The van der Waals surface area contributed by atoms with Gasteiger partial charge in [0.05, 0.1) is 48.7 Å². The summed E-state index contributed by atoms with van der Waals surface area (Å²) < 4.78 is 7.40. The molecule has 1 aliphatic heterocycles. The summed E-state index contributed by atoms with van der Waals surface area (Å²) >= 11 is 0. The highest BCUT2D eigenvalue weighted by Gasteiger charge is 2.15. The second-order valence-corrected chi connectivity index (χ2v) is 6.43. The van der Waals surface area contributed by atoms with E-state index in [-0.39, 0.29) is 0 Å². The molecule has 4 aromatic rings. The predicted molar refractivity (Wildman–Crippen MR) is 102 cm³/mol. The standard InChI is InChI=1S/C20H19N5O/c1-2-4-20(25-14-17(13-22-25)24-7-9-26-10-8-24)18(3-1)15-5-6-19-16(11-15)12-21-23-19/h1-6,11-14H,7-10H2,(H,21,23). The summed E-state index contributed by atoms with van der Waals surface area (Å²) in [6.45, 7) is 3.36. The number of aromatic nitrogens is 4. The van der Waals surface area contributed by atoms with Gasteiger partial charge in [-0.1, -0.05) is 24.3 Å². The Morgan fingerprint density at radius 2 is 1.88 bits per heavy atom. The number of nitrogens with one attached hydrogen (secondary N) is 1. The first kappa shape index (κ1) is 15.2. The van der Waals surface area contributed by atoms with Crippen LogP contribution in [-0.4, -0.2) is 46.3 Å². The molecule has 0 aliphatic carbocycles. The van der Waals surface area contributed by atoms with E-state index in [0.29, 0.717) is 0 Å². The van der Waals surface area contributed by atoms with E-state index in [2.05, 4.69) is 62.8 Å². The molecule has 130 valence electrons. The maximum Gasteiger partial charge on any atom is 0.0758 e. The summed E-state index contributed by atoms with van der Waals surface area (Å²) in [4.78, 5) is 2.31. The lowest BCUT2D eigenvalue weighted by Gasteiger charge is -2.27. The van der Waals surface area contributed by atoms with Crippen LogP contribution in [0.5, 0.6) is 0 Å². The third kappa shape index (κ3) is 2.64. The van der Waals surface area contributed by atoms with Crippen molar-refractivity contribution in [3.63, 3.8) is 0 Å². The summed E-state index contributed by atoms with van der Waals surface area (Å²) in [7, 11) is 0. The van der Waals surface area contributed by atoms with Crippen LogP contribution < -0.4 is 4.90 Å². The van der Waals surface area contributed by atoms with Crippen LogP contribution in [0.4, 0.5) is 5.69 Å². The molecule has 0 atom stereocenters. The molecular formula is C20H19N5O. The smallest absolute Gasteiger partial charge is 0.0758 e. The molecule has 26 heavy (non-hydrogen) atoms. The average Bonchev–Trinajstić information content (AvgIpc) is 3.38. The SMILES string of the molecule is c1ccc(-n2cc(N3CCOCC3)cn2)c(-c2ccc3[nH]ncc3c2)c1. The molecule has 2 aromatic heterocycles. The molecular weight excluding hydrogens is 326 g/mol. The summed E-state index contributed by atoms with van der Waals surface area (Å²) in [6.07, 6.45) is 5.88. The molecule has 5 rings (SSSR count). The van der Waals surface area contributed by atoms with E-state index in [1.807, 2.05) is 23.1 Å². The minimum Gasteiger partial charge on any atom is -0.378 e. The Morgan fingerprint density at radius 1 is 1.00 bits per heavy atom. The molecule has 1 N–H and O–H groups in total. The predicted octanol–water partition coefficient (Wildman–Crippen LogP) is 3.25. The Labute approximate surface area is 151 Å². The van der Waals surface area contributed by atoms with Crippen molar-refractivity contribution in [2.45, 2.75) is 0 Å². The lowest BCUT2D eigenvalue weighted by molar-refractivity contribution is 0.122. The summed E-state index contributed by atoms with van der Waals surface area (Å²) in [5.74, 6) is 0. The second-order valence-electron chi connectivity index (χ2n) is 6.43. The van der Waals surface area contributed by atoms with Gasteiger partial charge in [-0.3, -0.25) is 5.10 Å². The highest BCUT2D eigenvalue weighted by atomic mass is 16.5. The number of hydrogen-bond donors (Lipinski definition) is 1. The molecule has 6 nitrogen and oxygen atoms in total. The number of morpholine rings is 1. The van der Waals surface area contributed by atoms with E-state index >= 15 is 0 Å². The maximum absolute atomic E-state index is 5.44. The van der Waals surface area contributed by atoms with Gasteiger partial charge in [-0.15, -0.1) is 0 Å². The van der Waals surface area contributed by atoms with Crippen LogP contribution in [0.15, 0.2) is 61.1 Å². The van der Waals surface area contributed by atoms with Crippen molar-refractivity contribution in [1.82, 2.24) is 20.0 Å². The molecule has 1 aliphatic rings. The highest BCUT2D eigenvalue weighted by molar-refractivity contribution is 5.86. The van der Waals surface area contributed by atoms with Gasteiger partial charge >= 0.3 is 0 Å². The average molecular weight is 345 g/mol. The number of nitrogens with zero attached hydrogens (tertiary/aromatic N) is 4. The summed E-state index contributed by atoms with van der Waals surface area (Å²) in [6, 6.07) is 14.7. The van der Waals surface area contributed by atoms with Gasteiger partial charge in [0.2, 0.25) is 0 Å². The number of H-pyrrole nitrogens is 1. The van der Waals surface area contributed by atoms with E-state index in [9.17, 15) is 0 Å². The van der Waals surface area contributed by atoms with Gasteiger partial charge in [0.1, 0.15) is 0 Å². The van der Waals surface area contributed by atoms with E-state index in [0.717, 1.165) is 59.7 Å². The second kappa shape index (κ2) is 6.31. The van der Waals surface area contributed by atoms with Gasteiger partial charge in [0.25, 0.3) is 0 Å². The number of rotatable bonds is 3. The minimum atomic E-state index is 0.770. The lowest BCUT2D eigenvalue weighted by atomic mass is 10.0. The van der Waals surface area contributed by atoms with Crippen molar-refractivity contribution in [3.05, 3.63) is 61.1 Å². The van der Waals surface area contributed by atoms with Gasteiger partial charge in [0.15, 0.2) is 0 Å². The van der Waals surface area contributed by atoms with E-state index in [4.69, 9.17) is 4.74 Å². The molecule has 0 bridgehead atoms. The Kier molecular flexibility index (Phi) is 3.68. The zero-order chi connectivity index (χ0) is 17.3. The molecule has 0 radical (unpaired) electrons. The van der Waals surface area contributed by atoms with Gasteiger partial charge in [-0.2, -0.15) is 10.2 Å². The first-order valence-corrected chi connectivity index (χ1v) is 8.79. The van der Waals surface area contributed by atoms with Crippen LogP contribution in [0.3, 0.4) is 0 Å². The number of fused-ring (bicyclic) bond motifs is 1. The molecule has 6 heteroatoms. The van der Waals surface area contributed by atoms with E-state index in [1.54, 1.807) is 0 Å². The first-order valence-electron chi connectivity index (χ1n) is 8.79. The van der Waals surface area contributed by atoms with Crippen LogP contribution in [0.1, 0.15) is 0 Å². The van der Waals surface area contributed by atoms with Crippen molar-refractivity contribution in [2.75, 3.05) is 31.2 Å². The van der Waals surface area contributed by atoms with Gasteiger partial charge in [-0.05, 0) is 23.8 Å². The number of anilines is 1. The van der Waals surface area contributed by atoms with Crippen molar-refractivity contribution in [3.8, 4) is 16.8 Å². The normalized spacial score (nSPS) is 14.8. The minimum absolute atomic E-state index is 0.770. The Hall–Kier alpha value is -3.12. The zero-order valence-corrected chi connectivity index (χ0v) is 14.3. The van der Waals surface area contributed by atoms with Crippen LogP contribution in [-0.2, 0) is 4.74 Å². The maximum atomic E-state index is 5.44. The van der Waals surface area contributed by atoms with Crippen LogP contribution in [0.2, 0.25) is 0 Å². The van der Waals surface area contributed by atoms with E-state index < -0.39 is 0 Å². The van der Waals surface area contributed by atoms with Crippen molar-refractivity contribution in [2.24, 2.45) is 0 Å². The number of para-hydroxylation sites is 1. The summed E-state index contributed by atoms with van der Waals surface area (Å²) in [5.41, 5.74) is 5.54. The van der Waals surface area contributed by atoms with Gasteiger partial charge in [-0.25, -0.2) is 4.68 Å². The van der Waals surface area contributed by atoms with Gasteiger partial charge < -0.3 is 9.64 Å². The van der Waals surface area contributed by atoms with E-state index in [1.165, 1.54) is 0 Å². The molecule has 0 spiro atoms. The molecule has 1 fully saturated rings. The highest BCUT2D eigenvalue weighted by Crippen LogP contribution is 2.29. The molecule has 0 amide bonds.